The average Bonchev–Trinajstić information content (AvgIpc) is 3.55. The Kier molecular flexibility index (Phi) is 18.8. The number of carbonyl (C=O) groups excluding carboxylic acids is 6. The topological polar surface area (TPSA) is 275 Å². The molecular formula is C32H58N8O9. The van der Waals surface area contributed by atoms with Gasteiger partial charge < -0.3 is 53.2 Å². The molecule has 1 fully saturated rings. The molecule has 1 rings (SSSR count). The molecule has 0 spiro atoms. The van der Waals surface area contributed by atoms with Crippen molar-refractivity contribution in [3.8, 4) is 0 Å². The molecule has 0 saturated carbocycles. The summed E-state index contributed by atoms with van der Waals surface area (Å²) in [6, 6.07) is -7.66. The Labute approximate surface area is 288 Å². The van der Waals surface area contributed by atoms with Crippen molar-refractivity contribution in [1.82, 2.24) is 31.5 Å². The van der Waals surface area contributed by atoms with Crippen molar-refractivity contribution in [3.63, 3.8) is 0 Å². The lowest BCUT2D eigenvalue weighted by Crippen LogP contribution is -2.59. The summed E-state index contributed by atoms with van der Waals surface area (Å²) in [6.07, 6.45) is 3.02. The summed E-state index contributed by atoms with van der Waals surface area (Å²) < 4.78 is 0. The maximum atomic E-state index is 13.6. The minimum atomic E-state index is -1.47. The molecule has 1 aliphatic rings. The largest absolute Gasteiger partial charge is 0.480 e. The number of carbonyl (C=O) groups is 7. The summed E-state index contributed by atoms with van der Waals surface area (Å²) in [6.45, 7) is 10.0. The van der Waals surface area contributed by atoms with Crippen LogP contribution >= 0.6 is 0 Å². The van der Waals surface area contributed by atoms with E-state index in [2.05, 4.69) is 26.6 Å². The highest BCUT2D eigenvalue weighted by Crippen LogP contribution is 2.21. The number of hydrogen-bond acceptors (Lipinski definition) is 10. The number of hydrogen-bond donors (Lipinski definition) is 9. The summed E-state index contributed by atoms with van der Waals surface area (Å²) in [4.78, 5) is 90.9. The molecule has 49 heavy (non-hydrogen) atoms. The second-order valence-electron chi connectivity index (χ2n) is 13.2. The van der Waals surface area contributed by atoms with E-state index in [4.69, 9.17) is 11.5 Å². The number of nitrogens with zero attached hydrogens (tertiary/aromatic N) is 1. The van der Waals surface area contributed by atoms with Gasteiger partial charge in [0.25, 0.3) is 0 Å². The number of carboxylic acid groups (broad SMARTS) is 1. The summed E-state index contributed by atoms with van der Waals surface area (Å²) in [7, 11) is 0. The number of unbranched alkanes of at least 4 members (excludes halogenated alkanes) is 1. The van der Waals surface area contributed by atoms with Gasteiger partial charge in [0.2, 0.25) is 35.4 Å². The van der Waals surface area contributed by atoms with E-state index in [0.717, 1.165) is 0 Å². The molecule has 1 saturated heterocycles. The number of aliphatic hydroxyl groups is 1. The number of carboxylic acids is 1. The van der Waals surface area contributed by atoms with E-state index in [9.17, 15) is 43.8 Å². The molecular weight excluding hydrogens is 640 g/mol. The number of aliphatic carboxylic acids is 1. The fourth-order valence-corrected chi connectivity index (χ4v) is 5.27. The third-order valence-corrected chi connectivity index (χ3v) is 8.60. The molecule has 11 N–H and O–H groups in total. The molecule has 0 unspecified atom stereocenters. The van der Waals surface area contributed by atoms with Crippen molar-refractivity contribution in [2.24, 2.45) is 23.3 Å². The molecule has 8 atom stereocenters. The average molecular weight is 699 g/mol. The van der Waals surface area contributed by atoms with E-state index < -0.39 is 90.3 Å². The lowest BCUT2D eigenvalue weighted by Gasteiger charge is -2.31. The Bertz CT molecular complexity index is 1150. The SMILES string of the molecule is CC[C@H](C)[C@H](N)C(=O)N[C@@H](CC(C)C)C(=O)N1CCC[C@H]1C(=O)N[C@@H](CO)C(=O)N[C@@H](C)C(=O)N[C@@H](C)C(=O)N[C@@H](CCCCN)C(=O)O. The third kappa shape index (κ3) is 13.9. The van der Waals surface area contributed by atoms with E-state index in [1.54, 1.807) is 0 Å². The standard InChI is InChI=1S/C32H58N8O9/c1-7-18(4)25(34)30(46)38-22(15-17(2)3)31(47)40-14-10-12-24(40)29(45)39-23(16-41)28(44)36-19(5)26(42)35-20(6)27(43)37-21(32(48)49)11-8-9-13-33/h17-25,41H,7-16,33-34H2,1-6H3,(H,35,42)(H,36,44)(H,37,43)(H,38,46)(H,39,45)(H,48,49)/t18-,19-,20-,21-,22-,23-,24-,25-/m0/s1. The van der Waals surface area contributed by atoms with Crippen LogP contribution in [-0.2, 0) is 33.6 Å². The van der Waals surface area contributed by atoms with Gasteiger partial charge in [-0.2, -0.15) is 0 Å². The molecule has 0 radical (unpaired) electrons. The van der Waals surface area contributed by atoms with Gasteiger partial charge in [0, 0.05) is 6.54 Å². The van der Waals surface area contributed by atoms with Crippen molar-refractivity contribution in [3.05, 3.63) is 0 Å². The predicted molar refractivity (Wildman–Crippen MR) is 180 cm³/mol. The molecule has 1 heterocycles. The summed E-state index contributed by atoms with van der Waals surface area (Å²) in [5.41, 5.74) is 11.5. The van der Waals surface area contributed by atoms with Crippen LogP contribution in [0.2, 0.25) is 0 Å². The zero-order chi connectivity index (χ0) is 37.4. The lowest BCUT2D eigenvalue weighted by atomic mass is 9.97. The van der Waals surface area contributed by atoms with Crippen LogP contribution in [-0.4, -0.2) is 119 Å². The number of rotatable bonds is 21. The van der Waals surface area contributed by atoms with Gasteiger partial charge >= 0.3 is 5.97 Å². The maximum absolute atomic E-state index is 13.6. The molecule has 17 nitrogen and oxygen atoms in total. The molecule has 1 aliphatic heterocycles. The van der Waals surface area contributed by atoms with Crippen molar-refractivity contribution < 1.29 is 43.8 Å². The zero-order valence-corrected chi connectivity index (χ0v) is 29.6. The number of amides is 6. The van der Waals surface area contributed by atoms with E-state index in [1.807, 2.05) is 27.7 Å². The van der Waals surface area contributed by atoms with Gasteiger partial charge in [-0.3, -0.25) is 28.8 Å². The van der Waals surface area contributed by atoms with Crippen molar-refractivity contribution in [1.29, 1.82) is 0 Å². The first-order chi connectivity index (χ1) is 23.0. The van der Waals surface area contributed by atoms with E-state index in [-0.39, 0.29) is 24.8 Å². The van der Waals surface area contributed by atoms with Gasteiger partial charge in [0.15, 0.2) is 0 Å². The van der Waals surface area contributed by atoms with Crippen LogP contribution < -0.4 is 38.1 Å². The first kappa shape index (κ1) is 43.2. The van der Waals surface area contributed by atoms with E-state index in [1.165, 1.54) is 18.7 Å². The quantitative estimate of drug-likeness (QED) is 0.0595. The number of nitrogens with two attached hydrogens (primary N) is 2. The number of nitrogens with one attached hydrogen (secondary N) is 5. The normalized spacial score (nSPS) is 18.7. The Hall–Kier alpha value is -3.83. The van der Waals surface area contributed by atoms with Crippen LogP contribution in [0.25, 0.3) is 0 Å². The highest BCUT2D eigenvalue weighted by atomic mass is 16.4. The fraction of sp³-hybridized carbons (Fsp3) is 0.781. The van der Waals surface area contributed by atoms with E-state index in [0.29, 0.717) is 45.1 Å². The molecule has 6 amide bonds. The van der Waals surface area contributed by atoms with Gasteiger partial charge in [-0.15, -0.1) is 0 Å². The van der Waals surface area contributed by atoms with Crippen LogP contribution in [0.4, 0.5) is 0 Å². The van der Waals surface area contributed by atoms with Crippen molar-refractivity contribution in [2.75, 3.05) is 19.7 Å². The van der Waals surface area contributed by atoms with Gasteiger partial charge in [0.05, 0.1) is 12.6 Å². The second kappa shape index (κ2) is 21.3. The van der Waals surface area contributed by atoms with Crippen molar-refractivity contribution in [2.45, 2.75) is 129 Å². The van der Waals surface area contributed by atoms with Crippen LogP contribution in [0.1, 0.15) is 86.5 Å². The molecule has 0 aromatic heterocycles. The monoisotopic (exact) mass is 698 g/mol. The predicted octanol–water partition coefficient (Wildman–Crippen LogP) is -1.93. The molecule has 0 aromatic carbocycles. The van der Waals surface area contributed by atoms with E-state index >= 15 is 0 Å². The summed E-state index contributed by atoms with van der Waals surface area (Å²) in [5.74, 6) is -5.28. The minimum Gasteiger partial charge on any atom is -0.480 e. The Morgan fingerprint density at radius 3 is 1.90 bits per heavy atom. The van der Waals surface area contributed by atoms with Gasteiger partial charge in [0.1, 0.15) is 36.3 Å². The fourth-order valence-electron chi connectivity index (χ4n) is 5.27. The Morgan fingerprint density at radius 2 is 1.37 bits per heavy atom. The van der Waals surface area contributed by atoms with Gasteiger partial charge in [-0.25, -0.2) is 4.79 Å². The molecule has 17 heteroatoms. The highest BCUT2D eigenvalue weighted by Gasteiger charge is 2.39. The van der Waals surface area contributed by atoms with Crippen LogP contribution in [0.15, 0.2) is 0 Å². The van der Waals surface area contributed by atoms with Crippen molar-refractivity contribution >= 4 is 41.4 Å². The van der Waals surface area contributed by atoms with Crippen LogP contribution in [0, 0.1) is 11.8 Å². The Balaban J connectivity index is 2.85. The van der Waals surface area contributed by atoms with Gasteiger partial charge in [-0.05, 0) is 70.8 Å². The number of likely N-dealkylation sites (tertiary alicyclic amines) is 1. The molecule has 0 bridgehead atoms. The minimum absolute atomic E-state index is 0.0381. The first-order valence-electron chi connectivity index (χ1n) is 17.1. The van der Waals surface area contributed by atoms with Crippen LogP contribution in [0.3, 0.4) is 0 Å². The first-order valence-corrected chi connectivity index (χ1v) is 17.1. The molecule has 0 aromatic rings. The zero-order valence-electron chi connectivity index (χ0n) is 29.6. The Morgan fingerprint density at radius 1 is 0.796 bits per heavy atom. The molecule has 280 valence electrons. The second-order valence-corrected chi connectivity index (χ2v) is 13.2. The lowest BCUT2D eigenvalue weighted by molar-refractivity contribution is -0.143. The summed E-state index contributed by atoms with van der Waals surface area (Å²) in [5, 5.41) is 31.7. The molecule has 0 aliphatic carbocycles. The highest BCUT2D eigenvalue weighted by molar-refractivity contribution is 5.97. The maximum Gasteiger partial charge on any atom is 0.326 e. The number of aliphatic hydroxyl groups excluding tert-OH is 1. The summed E-state index contributed by atoms with van der Waals surface area (Å²) >= 11 is 0. The third-order valence-electron chi connectivity index (χ3n) is 8.60. The smallest absolute Gasteiger partial charge is 0.326 e. The van der Waals surface area contributed by atoms with Gasteiger partial charge in [-0.1, -0.05) is 34.1 Å². The van der Waals surface area contributed by atoms with Crippen LogP contribution in [0.5, 0.6) is 0 Å².